The zero-order valence-corrected chi connectivity index (χ0v) is 21.9. The molecule has 35 heavy (non-hydrogen) atoms. The highest BCUT2D eigenvalue weighted by molar-refractivity contribution is 8.00. The monoisotopic (exact) mass is 531 g/mol. The maximum Gasteiger partial charge on any atom is 0.191 e. The number of nitrogen functional groups attached to an aromatic ring is 1. The number of halogens is 1. The normalized spacial score (nSPS) is 17.4. The first-order chi connectivity index (χ1) is 17.2. The third-order valence-corrected chi connectivity index (χ3v) is 10.4. The van der Waals surface area contributed by atoms with Crippen molar-refractivity contribution in [3.8, 4) is 0 Å². The van der Waals surface area contributed by atoms with Gasteiger partial charge in [-0.05, 0) is 34.7 Å². The van der Waals surface area contributed by atoms with E-state index in [-0.39, 0.29) is 5.25 Å². The minimum Gasteiger partial charge on any atom is -0.383 e. The Bertz CT molecular complexity index is 1490. The van der Waals surface area contributed by atoms with Gasteiger partial charge in [0.1, 0.15) is 10.6 Å². The largest absolute Gasteiger partial charge is 0.383 e. The van der Waals surface area contributed by atoms with E-state index >= 15 is 0 Å². The van der Waals surface area contributed by atoms with Gasteiger partial charge in [0.15, 0.2) is 5.16 Å². The number of nitrogens with zero attached hydrogens (tertiary/aromatic N) is 2. The van der Waals surface area contributed by atoms with Crippen LogP contribution in [0.15, 0.2) is 90.1 Å². The van der Waals surface area contributed by atoms with E-state index in [0.717, 1.165) is 27.2 Å². The predicted octanol–water partition coefficient (Wildman–Crippen LogP) is 8.34. The summed E-state index contributed by atoms with van der Waals surface area (Å²) in [6.45, 7) is 0. The van der Waals surface area contributed by atoms with Crippen molar-refractivity contribution in [1.29, 1.82) is 0 Å². The predicted molar refractivity (Wildman–Crippen MR) is 152 cm³/mol. The van der Waals surface area contributed by atoms with Crippen LogP contribution in [0.5, 0.6) is 0 Å². The van der Waals surface area contributed by atoms with Gasteiger partial charge >= 0.3 is 0 Å². The molecule has 6 rings (SSSR count). The summed E-state index contributed by atoms with van der Waals surface area (Å²) in [4.78, 5) is 12.0. The fraction of sp³-hybridized carbons (Fsp3) is 0.143. The number of hydrogen-bond acceptors (Lipinski definition) is 6. The molecule has 174 valence electrons. The van der Waals surface area contributed by atoms with Gasteiger partial charge in [0, 0.05) is 20.9 Å². The summed E-state index contributed by atoms with van der Waals surface area (Å²) in [5.74, 6) is 1.27. The van der Waals surface area contributed by atoms with Crippen molar-refractivity contribution >= 4 is 62.5 Å². The van der Waals surface area contributed by atoms with E-state index in [0.29, 0.717) is 22.0 Å². The van der Waals surface area contributed by atoms with Crippen molar-refractivity contribution in [2.24, 2.45) is 0 Å². The third kappa shape index (κ3) is 4.56. The Morgan fingerprint density at radius 1 is 0.886 bits per heavy atom. The zero-order chi connectivity index (χ0) is 23.8. The smallest absolute Gasteiger partial charge is 0.191 e. The van der Waals surface area contributed by atoms with Crippen LogP contribution in [0.4, 0.5) is 5.82 Å². The fourth-order valence-electron chi connectivity index (χ4n) is 4.50. The first-order valence-electron chi connectivity index (χ1n) is 11.4. The summed E-state index contributed by atoms with van der Waals surface area (Å²) < 4.78 is 0. The van der Waals surface area contributed by atoms with Crippen LogP contribution in [0, 0.1) is 0 Å². The van der Waals surface area contributed by atoms with Crippen LogP contribution in [0.1, 0.15) is 37.6 Å². The molecule has 0 radical (unpaired) electrons. The Balaban J connectivity index is 1.41. The van der Waals surface area contributed by atoms with Gasteiger partial charge in [-0.25, -0.2) is 9.97 Å². The molecule has 0 bridgehead atoms. The molecule has 2 N–H and O–H groups in total. The average molecular weight is 532 g/mol. The first-order valence-corrected chi connectivity index (χ1v) is 14.5. The van der Waals surface area contributed by atoms with E-state index in [1.165, 1.54) is 21.6 Å². The van der Waals surface area contributed by atoms with Crippen LogP contribution in [-0.2, 0) is 12.2 Å². The number of nitrogens with two attached hydrogens (primary N) is 1. The molecule has 0 spiro atoms. The molecule has 0 fully saturated rings. The van der Waals surface area contributed by atoms with Crippen LogP contribution in [0.3, 0.4) is 0 Å². The van der Waals surface area contributed by atoms with Crippen LogP contribution < -0.4 is 5.73 Å². The Morgan fingerprint density at radius 2 is 1.57 bits per heavy atom. The quantitative estimate of drug-likeness (QED) is 0.182. The molecule has 2 atom stereocenters. The van der Waals surface area contributed by atoms with Gasteiger partial charge < -0.3 is 5.73 Å². The third-order valence-electron chi connectivity index (χ3n) is 6.21. The van der Waals surface area contributed by atoms with Gasteiger partial charge in [-0.1, -0.05) is 102 Å². The first kappa shape index (κ1) is 22.9. The van der Waals surface area contributed by atoms with Crippen molar-refractivity contribution in [2.45, 2.75) is 27.8 Å². The van der Waals surface area contributed by atoms with Crippen LogP contribution in [0.25, 0.3) is 10.2 Å². The van der Waals surface area contributed by atoms with Crippen molar-refractivity contribution in [3.63, 3.8) is 0 Å². The molecule has 0 saturated carbocycles. The molecule has 1 aliphatic rings. The van der Waals surface area contributed by atoms with Crippen molar-refractivity contribution in [2.75, 3.05) is 5.73 Å². The van der Waals surface area contributed by atoms with Crippen molar-refractivity contribution < 1.29 is 0 Å². The lowest BCUT2D eigenvalue weighted by atomic mass is 9.98. The van der Waals surface area contributed by atoms with Gasteiger partial charge in [0.25, 0.3) is 0 Å². The Kier molecular flexibility index (Phi) is 6.46. The lowest BCUT2D eigenvalue weighted by Gasteiger charge is -2.30. The highest BCUT2D eigenvalue weighted by Crippen LogP contribution is 2.55. The molecule has 3 aromatic carbocycles. The van der Waals surface area contributed by atoms with Crippen molar-refractivity contribution in [3.05, 3.63) is 117 Å². The summed E-state index contributed by atoms with van der Waals surface area (Å²) in [5.41, 5.74) is 11.6. The van der Waals surface area contributed by atoms with Crippen molar-refractivity contribution in [1.82, 2.24) is 9.97 Å². The van der Waals surface area contributed by atoms with Gasteiger partial charge in [-0.2, -0.15) is 0 Å². The number of rotatable bonds is 5. The number of hydrogen-bond donors (Lipinski definition) is 1. The summed E-state index contributed by atoms with van der Waals surface area (Å²) in [5, 5.41) is 3.06. The van der Waals surface area contributed by atoms with E-state index in [9.17, 15) is 0 Å². The number of anilines is 1. The number of benzene rings is 3. The topological polar surface area (TPSA) is 51.8 Å². The maximum atomic E-state index is 6.60. The molecular weight excluding hydrogens is 510 g/mol. The second-order valence-electron chi connectivity index (χ2n) is 8.43. The van der Waals surface area contributed by atoms with Crippen LogP contribution in [0.2, 0.25) is 5.02 Å². The molecule has 0 aliphatic carbocycles. The van der Waals surface area contributed by atoms with E-state index < -0.39 is 0 Å². The van der Waals surface area contributed by atoms with E-state index in [4.69, 9.17) is 27.3 Å². The van der Waals surface area contributed by atoms with Crippen LogP contribution >= 0.6 is 46.5 Å². The standard InChI is InChI=1S/C28H22ClN3S3/c29-21-14-8-7-13-19(21)16-33-28-31-26(30)23-20-15-22(17-9-3-1-4-10-17)34-24(18-11-5-2-6-12-18)25(20)35-27(23)32-28/h1-14,22,24H,15-16H2,(H2,30,31,32)/t22-,24-/m1/s1. The van der Waals surface area contributed by atoms with E-state index in [1.54, 1.807) is 23.1 Å². The summed E-state index contributed by atoms with van der Waals surface area (Å²) in [6.07, 6.45) is 0.924. The second-order valence-corrected chi connectivity index (χ2v) is 12.1. The molecule has 0 amide bonds. The number of aromatic nitrogens is 2. The molecular formula is C28H22ClN3S3. The highest BCUT2D eigenvalue weighted by atomic mass is 35.5. The van der Waals surface area contributed by atoms with Gasteiger partial charge in [0.05, 0.1) is 10.6 Å². The Morgan fingerprint density at radius 3 is 2.31 bits per heavy atom. The molecule has 7 heteroatoms. The molecule has 0 unspecified atom stereocenters. The molecule has 1 aliphatic heterocycles. The number of thiophene rings is 1. The lowest BCUT2D eigenvalue weighted by Crippen LogP contribution is -2.12. The molecule has 5 aromatic rings. The highest BCUT2D eigenvalue weighted by Gasteiger charge is 2.34. The molecule has 0 saturated heterocycles. The molecule has 2 aromatic heterocycles. The zero-order valence-electron chi connectivity index (χ0n) is 18.7. The number of fused-ring (bicyclic) bond motifs is 3. The SMILES string of the molecule is Nc1nc(SCc2ccccc2Cl)nc2sc3c(c12)C[C@H](c1ccccc1)S[C@@H]3c1ccccc1. The fourth-order valence-corrected chi connectivity index (χ4v) is 8.71. The summed E-state index contributed by atoms with van der Waals surface area (Å²) in [7, 11) is 0. The lowest BCUT2D eigenvalue weighted by molar-refractivity contribution is 0.893. The average Bonchev–Trinajstić information content (AvgIpc) is 3.27. The minimum absolute atomic E-state index is 0.239. The maximum absolute atomic E-state index is 6.60. The van der Waals surface area contributed by atoms with Crippen LogP contribution in [-0.4, -0.2) is 9.97 Å². The summed E-state index contributed by atoms with van der Waals surface area (Å²) >= 11 is 11.7. The number of thioether (sulfide) groups is 2. The van der Waals surface area contributed by atoms with Gasteiger partial charge in [0.2, 0.25) is 0 Å². The minimum atomic E-state index is 0.239. The molecule has 3 heterocycles. The Hall–Kier alpha value is -2.51. The molecule has 3 nitrogen and oxygen atoms in total. The second kappa shape index (κ2) is 9.86. The Labute approximate surface area is 222 Å². The van der Waals surface area contributed by atoms with Gasteiger partial charge in [-0.3, -0.25) is 0 Å². The van der Waals surface area contributed by atoms with E-state index in [2.05, 4.69) is 60.7 Å². The van der Waals surface area contributed by atoms with Gasteiger partial charge in [-0.15, -0.1) is 23.1 Å². The van der Waals surface area contributed by atoms with E-state index in [1.807, 2.05) is 36.0 Å². The summed E-state index contributed by atoms with van der Waals surface area (Å²) in [6, 6.07) is 29.4.